The van der Waals surface area contributed by atoms with Crippen LogP contribution in [0, 0.1) is 0 Å². The second-order valence-electron chi connectivity index (χ2n) is 19.5. The molecule has 0 fully saturated rings. The molecular formula is C61H110O6. The molecule has 0 aromatic carbocycles. The topological polar surface area (TPSA) is 78.9 Å². The SMILES string of the molecule is CC/C=C/C/C=C/C/C=C/CCCCCCCC(=O)O[C@H](COC(=O)CCCCCCCCC/C=C/CCCCCC)COC(=O)CCCCCCCCCCCCCCCCCCCCC. The van der Waals surface area contributed by atoms with Gasteiger partial charge in [-0.25, -0.2) is 0 Å². The quantitative estimate of drug-likeness (QED) is 0.0262. The molecule has 0 saturated heterocycles. The van der Waals surface area contributed by atoms with Crippen LogP contribution in [-0.2, 0) is 28.6 Å². The first-order chi connectivity index (χ1) is 33.0. The maximum absolute atomic E-state index is 12.8. The predicted molar refractivity (Wildman–Crippen MR) is 289 cm³/mol. The Hall–Kier alpha value is -2.63. The average Bonchev–Trinajstić information content (AvgIpc) is 3.33. The molecule has 0 heterocycles. The van der Waals surface area contributed by atoms with E-state index >= 15 is 0 Å². The molecule has 0 aliphatic carbocycles. The number of hydrogen-bond donors (Lipinski definition) is 0. The number of carbonyl (C=O) groups is 3. The van der Waals surface area contributed by atoms with E-state index in [9.17, 15) is 14.4 Å². The molecule has 390 valence electrons. The summed E-state index contributed by atoms with van der Waals surface area (Å²) in [4.78, 5) is 38.2. The summed E-state index contributed by atoms with van der Waals surface area (Å²) in [5.74, 6) is -0.885. The number of unbranched alkanes of at least 4 members (excludes halogenated alkanes) is 34. The first-order valence-corrected chi connectivity index (χ1v) is 29.1. The largest absolute Gasteiger partial charge is 0.462 e. The summed E-state index contributed by atoms with van der Waals surface area (Å²) in [7, 11) is 0. The molecule has 0 bridgehead atoms. The summed E-state index contributed by atoms with van der Waals surface area (Å²) in [6.07, 6.45) is 68.2. The fourth-order valence-corrected chi connectivity index (χ4v) is 8.45. The number of carbonyl (C=O) groups excluding carboxylic acids is 3. The smallest absolute Gasteiger partial charge is 0.306 e. The zero-order valence-electron chi connectivity index (χ0n) is 44.7. The van der Waals surface area contributed by atoms with Gasteiger partial charge >= 0.3 is 17.9 Å². The fourth-order valence-electron chi connectivity index (χ4n) is 8.45. The standard InChI is InChI=1S/C61H110O6/c1-4-7-10-13-16-19-22-25-28-29-30-31-34-36-39-42-45-48-51-54-60(63)66-57-58(67-61(64)55-52-49-46-43-40-37-33-27-24-21-18-15-12-9-6-3)56-65-59(62)53-50-47-44-41-38-35-32-26-23-20-17-14-11-8-5-2/h9,12,18,20-21,23,27,33,58H,4-8,10-11,13-17,19,22,24-26,28-32,34-57H2,1-3H3/b12-9+,21-18+,23-20+,33-27+/t58-/m1/s1. The van der Waals surface area contributed by atoms with E-state index in [1.807, 2.05) is 0 Å². The van der Waals surface area contributed by atoms with Crippen molar-refractivity contribution in [2.75, 3.05) is 13.2 Å². The van der Waals surface area contributed by atoms with Gasteiger partial charge in [-0.3, -0.25) is 14.4 Å². The monoisotopic (exact) mass is 939 g/mol. The third-order valence-corrected chi connectivity index (χ3v) is 12.8. The molecule has 6 nitrogen and oxygen atoms in total. The zero-order valence-corrected chi connectivity index (χ0v) is 44.7. The highest BCUT2D eigenvalue weighted by Crippen LogP contribution is 2.17. The molecule has 0 aliphatic rings. The third kappa shape index (κ3) is 54.2. The summed E-state index contributed by atoms with van der Waals surface area (Å²) in [5, 5.41) is 0. The van der Waals surface area contributed by atoms with Crippen LogP contribution in [-0.4, -0.2) is 37.2 Å². The van der Waals surface area contributed by atoms with Gasteiger partial charge in [0.1, 0.15) is 13.2 Å². The fraction of sp³-hybridized carbons (Fsp3) is 0.820. The molecule has 67 heavy (non-hydrogen) atoms. The van der Waals surface area contributed by atoms with Crippen LogP contribution < -0.4 is 0 Å². The molecule has 0 N–H and O–H groups in total. The Morgan fingerprint density at radius 1 is 0.313 bits per heavy atom. The Morgan fingerprint density at radius 3 is 0.940 bits per heavy atom. The van der Waals surface area contributed by atoms with Crippen LogP contribution in [0.15, 0.2) is 48.6 Å². The Morgan fingerprint density at radius 2 is 0.582 bits per heavy atom. The van der Waals surface area contributed by atoms with Gasteiger partial charge in [-0.05, 0) is 77.0 Å². The molecule has 0 unspecified atom stereocenters. The maximum atomic E-state index is 12.8. The normalized spacial score (nSPS) is 12.3. The molecule has 0 aliphatic heterocycles. The highest BCUT2D eigenvalue weighted by Gasteiger charge is 2.19. The van der Waals surface area contributed by atoms with Crippen molar-refractivity contribution in [2.24, 2.45) is 0 Å². The van der Waals surface area contributed by atoms with E-state index in [0.29, 0.717) is 19.3 Å². The highest BCUT2D eigenvalue weighted by atomic mass is 16.6. The van der Waals surface area contributed by atoms with Crippen molar-refractivity contribution in [2.45, 2.75) is 309 Å². The van der Waals surface area contributed by atoms with Crippen molar-refractivity contribution < 1.29 is 28.6 Å². The van der Waals surface area contributed by atoms with Crippen molar-refractivity contribution in [3.63, 3.8) is 0 Å². The Balaban J connectivity index is 4.35. The lowest BCUT2D eigenvalue weighted by Crippen LogP contribution is -2.30. The van der Waals surface area contributed by atoms with E-state index in [1.165, 1.54) is 167 Å². The van der Waals surface area contributed by atoms with Gasteiger partial charge in [0.05, 0.1) is 0 Å². The summed E-state index contributed by atoms with van der Waals surface area (Å²) in [5.41, 5.74) is 0. The Labute approximate surface area is 416 Å². The van der Waals surface area contributed by atoms with Crippen LogP contribution in [0.1, 0.15) is 303 Å². The minimum absolute atomic E-state index is 0.0784. The molecule has 0 radical (unpaired) electrons. The van der Waals surface area contributed by atoms with Gasteiger partial charge in [-0.15, -0.1) is 0 Å². The van der Waals surface area contributed by atoms with Crippen LogP contribution in [0.2, 0.25) is 0 Å². The predicted octanol–water partition coefficient (Wildman–Crippen LogP) is 19.4. The highest BCUT2D eigenvalue weighted by molar-refractivity contribution is 5.71. The van der Waals surface area contributed by atoms with Crippen LogP contribution in [0.4, 0.5) is 0 Å². The lowest BCUT2D eigenvalue weighted by molar-refractivity contribution is -0.167. The van der Waals surface area contributed by atoms with Crippen molar-refractivity contribution in [3.8, 4) is 0 Å². The number of ether oxygens (including phenoxy) is 3. The van der Waals surface area contributed by atoms with Gasteiger partial charge in [0, 0.05) is 19.3 Å². The summed E-state index contributed by atoms with van der Waals surface area (Å²) in [6, 6.07) is 0. The Kier molecular flexibility index (Phi) is 53.8. The lowest BCUT2D eigenvalue weighted by Gasteiger charge is -2.18. The maximum Gasteiger partial charge on any atom is 0.306 e. The first kappa shape index (κ1) is 64.4. The number of allylic oxidation sites excluding steroid dienone is 8. The van der Waals surface area contributed by atoms with Crippen LogP contribution in [0.25, 0.3) is 0 Å². The summed E-state index contributed by atoms with van der Waals surface area (Å²) < 4.78 is 16.9. The molecule has 0 amide bonds. The molecule has 6 heteroatoms. The van der Waals surface area contributed by atoms with Crippen molar-refractivity contribution in [1.29, 1.82) is 0 Å². The van der Waals surface area contributed by atoms with Gasteiger partial charge in [-0.1, -0.05) is 256 Å². The van der Waals surface area contributed by atoms with E-state index in [2.05, 4.69) is 69.4 Å². The third-order valence-electron chi connectivity index (χ3n) is 12.8. The molecule has 0 aromatic heterocycles. The average molecular weight is 940 g/mol. The second-order valence-corrected chi connectivity index (χ2v) is 19.5. The van der Waals surface area contributed by atoms with E-state index in [0.717, 1.165) is 96.3 Å². The van der Waals surface area contributed by atoms with Gasteiger partial charge in [-0.2, -0.15) is 0 Å². The van der Waals surface area contributed by atoms with E-state index in [1.54, 1.807) is 0 Å². The van der Waals surface area contributed by atoms with Gasteiger partial charge in [0.25, 0.3) is 0 Å². The summed E-state index contributed by atoms with van der Waals surface area (Å²) >= 11 is 0. The molecule has 0 aromatic rings. The van der Waals surface area contributed by atoms with Crippen LogP contribution in [0.5, 0.6) is 0 Å². The zero-order chi connectivity index (χ0) is 48.6. The number of hydrogen-bond acceptors (Lipinski definition) is 6. The molecule has 1 atom stereocenters. The summed E-state index contributed by atoms with van der Waals surface area (Å²) in [6.45, 7) is 6.54. The lowest BCUT2D eigenvalue weighted by atomic mass is 10.0. The molecule has 0 rings (SSSR count). The first-order valence-electron chi connectivity index (χ1n) is 29.1. The van der Waals surface area contributed by atoms with E-state index in [4.69, 9.17) is 14.2 Å². The number of esters is 3. The van der Waals surface area contributed by atoms with Gasteiger partial charge < -0.3 is 14.2 Å². The van der Waals surface area contributed by atoms with Crippen LogP contribution >= 0.6 is 0 Å². The van der Waals surface area contributed by atoms with E-state index in [-0.39, 0.29) is 31.1 Å². The van der Waals surface area contributed by atoms with Crippen molar-refractivity contribution in [3.05, 3.63) is 48.6 Å². The second kappa shape index (κ2) is 56.0. The van der Waals surface area contributed by atoms with Crippen LogP contribution in [0.3, 0.4) is 0 Å². The van der Waals surface area contributed by atoms with E-state index < -0.39 is 6.10 Å². The Bertz CT molecular complexity index is 1170. The minimum atomic E-state index is -0.782. The molecular weight excluding hydrogens is 829 g/mol. The van der Waals surface area contributed by atoms with Crippen molar-refractivity contribution >= 4 is 17.9 Å². The molecule has 0 spiro atoms. The molecule has 0 saturated carbocycles. The van der Waals surface area contributed by atoms with Gasteiger partial charge in [0.2, 0.25) is 0 Å². The number of rotatable bonds is 53. The van der Waals surface area contributed by atoms with Crippen molar-refractivity contribution in [1.82, 2.24) is 0 Å². The minimum Gasteiger partial charge on any atom is -0.462 e. The van der Waals surface area contributed by atoms with Gasteiger partial charge in [0.15, 0.2) is 6.10 Å².